The number of rotatable bonds is 5. The van der Waals surface area contributed by atoms with E-state index in [2.05, 4.69) is 10.3 Å². The minimum atomic E-state index is -1.11. The Morgan fingerprint density at radius 1 is 1.19 bits per heavy atom. The molecule has 1 fully saturated rings. The number of nitrogens with one attached hydrogen (secondary N) is 2. The van der Waals surface area contributed by atoms with E-state index in [0.29, 0.717) is 5.56 Å². The Labute approximate surface area is 189 Å². The molecule has 2 aliphatic heterocycles. The summed E-state index contributed by atoms with van der Waals surface area (Å²) < 4.78 is -0.568. The lowest BCUT2D eigenvalue weighted by Gasteiger charge is -2.30. The number of hydrogen-bond acceptors (Lipinski definition) is 4. The van der Waals surface area contributed by atoms with Crippen molar-refractivity contribution in [2.75, 3.05) is 0 Å². The number of amides is 2. The fraction of sp³-hybridized carbons (Fsp3) is 0.292. The summed E-state index contributed by atoms with van der Waals surface area (Å²) >= 11 is 1.56. The van der Waals surface area contributed by atoms with Gasteiger partial charge in [-0.05, 0) is 37.1 Å². The molecule has 2 aromatic carbocycles. The van der Waals surface area contributed by atoms with Crippen LogP contribution in [0.3, 0.4) is 0 Å². The molecule has 0 aliphatic carbocycles. The first kappa shape index (κ1) is 20.6. The summed E-state index contributed by atoms with van der Waals surface area (Å²) in [7, 11) is 0. The zero-order valence-electron chi connectivity index (χ0n) is 17.7. The number of carboxylic acid groups (broad SMARTS) is 1. The maximum atomic E-state index is 13.4. The van der Waals surface area contributed by atoms with Crippen molar-refractivity contribution in [2.45, 2.75) is 42.5 Å². The van der Waals surface area contributed by atoms with Gasteiger partial charge in [0, 0.05) is 33.8 Å². The monoisotopic (exact) mass is 449 g/mol. The molecular weight excluding hydrogens is 426 g/mol. The van der Waals surface area contributed by atoms with Crippen molar-refractivity contribution in [1.82, 2.24) is 15.2 Å². The van der Waals surface area contributed by atoms with Crippen LogP contribution in [0.4, 0.5) is 0 Å². The molecule has 0 bridgehead atoms. The molecule has 3 N–H and O–H groups in total. The number of nitrogens with zero attached hydrogens (tertiary/aromatic N) is 1. The van der Waals surface area contributed by atoms with Gasteiger partial charge in [-0.15, -0.1) is 11.8 Å². The highest BCUT2D eigenvalue weighted by Crippen LogP contribution is 2.56. The Morgan fingerprint density at radius 2 is 1.91 bits per heavy atom. The number of benzene rings is 2. The van der Waals surface area contributed by atoms with Crippen LogP contribution in [-0.2, 0) is 16.0 Å². The van der Waals surface area contributed by atoms with Crippen LogP contribution in [0.15, 0.2) is 54.7 Å². The minimum absolute atomic E-state index is 0.142. The van der Waals surface area contributed by atoms with Gasteiger partial charge in [0.1, 0.15) is 17.5 Å². The molecule has 0 saturated carbocycles. The van der Waals surface area contributed by atoms with Gasteiger partial charge in [-0.25, -0.2) is 4.79 Å². The molecule has 1 aromatic heterocycles. The van der Waals surface area contributed by atoms with Crippen molar-refractivity contribution in [2.24, 2.45) is 0 Å². The summed E-state index contributed by atoms with van der Waals surface area (Å²) in [4.78, 5) is 43.3. The third-order valence-corrected chi connectivity index (χ3v) is 7.79. The molecule has 3 atom stereocenters. The van der Waals surface area contributed by atoms with E-state index in [0.717, 1.165) is 22.0 Å². The molecular formula is C24H23N3O4S. The van der Waals surface area contributed by atoms with Gasteiger partial charge in [-0.2, -0.15) is 0 Å². The largest absolute Gasteiger partial charge is 0.480 e. The van der Waals surface area contributed by atoms with Crippen LogP contribution < -0.4 is 5.32 Å². The molecule has 0 spiro atoms. The zero-order chi connectivity index (χ0) is 22.6. The lowest BCUT2D eigenvalue weighted by Crippen LogP contribution is -2.56. The van der Waals surface area contributed by atoms with E-state index >= 15 is 0 Å². The number of thioether (sulfide) groups is 1. The number of aromatic nitrogens is 1. The van der Waals surface area contributed by atoms with E-state index in [4.69, 9.17) is 0 Å². The molecule has 2 amide bonds. The standard InChI is InChI=1S/C24H23N3O4S/c1-24(2)19(27-21(29)15-8-3-4-9-16(15)22(27)32-24)20(28)26-18(23(30)31)11-13-12-25-17-10-6-5-7-14(13)17/h3-10,12,18-19,22,25H,11H2,1-2H3,(H,26,28)(H,30,31)/t18-,19+,22-/m0/s1. The average Bonchev–Trinajstić information content (AvgIpc) is 3.37. The number of aliphatic carboxylic acids is 1. The second-order valence-corrected chi connectivity index (χ2v) is 10.5. The van der Waals surface area contributed by atoms with Crippen LogP contribution in [0.1, 0.15) is 40.7 Å². The molecule has 7 nitrogen and oxygen atoms in total. The molecule has 3 aromatic rings. The predicted molar refractivity (Wildman–Crippen MR) is 122 cm³/mol. The zero-order valence-corrected chi connectivity index (χ0v) is 18.5. The van der Waals surface area contributed by atoms with Gasteiger partial charge >= 0.3 is 5.97 Å². The SMILES string of the molecule is CC1(C)S[C@H]2c3ccccc3C(=O)N2[C@@H]1C(=O)N[C@@H](Cc1c[nH]c2ccccc12)C(=O)O. The van der Waals surface area contributed by atoms with Crippen molar-refractivity contribution >= 4 is 40.4 Å². The Bertz CT molecular complexity index is 1250. The number of carbonyl (C=O) groups excluding carboxylic acids is 2. The maximum Gasteiger partial charge on any atom is 0.326 e. The summed E-state index contributed by atoms with van der Waals surface area (Å²) in [6.07, 6.45) is 1.92. The van der Waals surface area contributed by atoms with E-state index in [1.807, 2.05) is 56.3 Å². The van der Waals surface area contributed by atoms with Gasteiger partial charge in [0.05, 0.1) is 0 Å². The first-order valence-electron chi connectivity index (χ1n) is 10.5. The van der Waals surface area contributed by atoms with Crippen molar-refractivity contribution < 1.29 is 19.5 Å². The van der Waals surface area contributed by atoms with Gasteiger partial charge in [0.15, 0.2) is 0 Å². The molecule has 0 radical (unpaired) electrons. The Balaban J connectivity index is 1.41. The highest BCUT2D eigenvalue weighted by Gasteiger charge is 2.57. The van der Waals surface area contributed by atoms with Gasteiger partial charge in [-0.3, -0.25) is 9.59 Å². The second-order valence-electron chi connectivity index (χ2n) is 8.74. The number of hydrogen-bond donors (Lipinski definition) is 3. The summed E-state index contributed by atoms with van der Waals surface area (Å²) in [5.41, 5.74) is 3.23. The van der Waals surface area contributed by atoms with Crippen LogP contribution in [0.2, 0.25) is 0 Å². The number of carbonyl (C=O) groups is 3. The molecule has 5 rings (SSSR count). The van der Waals surface area contributed by atoms with Crippen LogP contribution >= 0.6 is 11.8 Å². The summed E-state index contributed by atoms with van der Waals surface area (Å²) in [5.74, 6) is -1.75. The Morgan fingerprint density at radius 3 is 2.69 bits per heavy atom. The number of fused-ring (bicyclic) bond motifs is 4. The fourth-order valence-electron chi connectivity index (χ4n) is 4.78. The summed E-state index contributed by atoms with van der Waals surface area (Å²) in [5, 5.41) is 13.2. The smallest absolute Gasteiger partial charge is 0.326 e. The number of para-hydroxylation sites is 1. The van der Waals surface area contributed by atoms with Gasteiger partial charge in [0.2, 0.25) is 5.91 Å². The number of carboxylic acids is 1. The van der Waals surface area contributed by atoms with E-state index in [1.165, 1.54) is 0 Å². The van der Waals surface area contributed by atoms with Crippen molar-refractivity contribution in [1.29, 1.82) is 0 Å². The van der Waals surface area contributed by atoms with Crippen LogP contribution in [0, 0.1) is 0 Å². The number of aromatic amines is 1. The first-order valence-corrected chi connectivity index (χ1v) is 11.3. The summed E-state index contributed by atoms with van der Waals surface area (Å²) in [6.45, 7) is 3.84. The van der Waals surface area contributed by atoms with E-state index in [9.17, 15) is 19.5 Å². The molecule has 1 saturated heterocycles. The molecule has 2 aliphatic rings. The van der Waals surface area contributed by atoms with Crippen molar-refractivity contribution in [3.05, 3.63) is 71.4 Å². The maximum absolute atomic E-state index is 13.4. The van der Waals surface area contributed by atoms with Crippen LogP contribution in [-0.4, -0.2) is 49.6 Å². The normalized spacial score (nSPS) is 21.9. The third-order valence-electron chi connectivity index (χ3n) is 6.26. The van der Waals surface area contributed by atoms with Gasteiger partial charge < -0.3 is 20.3 Å². The van der Waals surface area contributed by atoms with Crippen molar-refractivity contribution in [3.8, 4) is 0 Å². The predicted octanol–water partition coefficient (Wildman–Crippen LogP) is 3.33. The topological polar surface area (TPSA) is 103 Å². The number of H-pyrrole nitrogens is 1. The summed E-state index contributed by atoms with van der Waals surface area (Å²) in [6, 6.07) is 13.1. The first-order chi connectivity index (χ1) is 15.3. The lowest BCUT2D eigenvalue weighted by atomic mass is 9.99. The minimum Gasteiger partial charge on any atom is -0.480 e. The average molecular weight is 450 g/mol. The van der Waals surface area contributed by atoms with E-state index in [1.54, 1.807) is 28.9 Å². The molecule has 0 unspecified atom stereocenters. The highest BCUT2D eigenvalue weighted by molar-refractivity contribution is 8.01. The molecule has 3 heterocycles. The van der Waals surface area contributed by atoms with Gasteiger partial charge in [-0.1, -0.05) is 36.4 Å². The fourth-order valence-corrected chi connectivity index (χ4v) is 6.36. The Kier molecular flexibility index (Phi) is 4.78. The molecule has 8 heteroatoms. The quantitative estimate of drug-likeness (QED) is 0.555. The molecule has 32 heavy (non-hydrogen) atoms. The van der Waals surface area contributed by atoms with Gasteiger partial charge in [0.25, 0.3) is 5.91 Å². The third kappa shape index (κ3) is 3.17. The Hall–Kier alpha value is -3.26. The van der Waals surface area contributed by atoms with Crippen LogP contribution in [0.25, 0.3) is 10.9 Å². The second kappa shape index (κ2) is 7.41. The lowest BCUT2D eigenvalue weighted by molar-refractivity contribution is -0.142. The highest BCUT2D eigenvalue weighted by atomic mass is 32.2. The molecule has 164 valence electrons. The van der Waals surface area contributed by atoms with Crippen LogP contribution in [0.5, 0.6) is 0 Å². The van der Waals surface area contributed by atoms with E-state index in [-0.39, 0.29) is 17.7 Å². The van der Waals surface area contributed by atoms with E-state index < -0.39 is 28.7 Å². The van der Waals surface area contributed by atoms with Crippen molar-refractivity contribution in [3.63, 3.8) is 0 Å².